The summed E-state index contributed by atoms with van der Waals surface area (Å²) in [4.78, 5) is 0. The Bertz CT molecular complexity index is 3460. The highest BCUT2D eigenvalue weighted by Gasteiger charge is 2.24. The molecule has 0 saturated heterocycles. The molecule has 0 aliphatic rings. The number of hydrogen-bond acceptors (Lipinski definition) is 10. The van der Waals surface area contributed by atoms with Crippen LogP contribution in [-0.4, -0.2) is 63.1 Å². The van der Waals surface area contributed by atoms with E-state index in [4.69, 9.17) is 28.4 Å². The van der Waals surface area contributed by atoms with Crippen LogP contribution < -0.4 is 18.9 Å². The molecule has 0 bridgehead atoms. The zero-order valence-corrected chi connectivity index (χ0v) is 48.2. The van der Waals surface area contributed by atoms with Crippen molar-refractivity contribution in [3.8, 4) is 56.8 Å². The predicted molar refractivity (Wildman–Crippen MR) is 329 cm³/mol. The number of hydrogen-bond donors (Lipinski definition) is 2. The van der Waals surface area contributed by atoms with Crippen molar-refractivity contribution < 1.29 is 38.6 Å². The number of benzene rings is 10. The molecule has 10 aromatic carbocycles. The number of para-hydroxylation sites is 2. The molecule has 74 heavy (non-hydrogen) atoms. The molecule has 10 nitrogen and oxygen atoms in total. The van der Waals surface area contributed by atoms with Gasteiger partial charge < -0.3 is 38.6 Å². The van der Waals surface area contributed by atoms with E-state index in [2.05, 4.69) is 149 Å². The number of azo groups is 1. The number of nitrogens with zero attached hydrogens (tertiary/aromatic N) is 2. The summed E-state index contributed by atoms with van der Waals surface area (Å²) >= 11 is 9.01. The maximum absolute atomic E-state index is 11.5. The van der Waals surface area contributed by atoms with Gasteiger partial charge in [-0.25, -0.2) is 0 Å². The number of halogens is 4. The number of phenols is 2. The third kappa shape index (κ3) is 11.5. The molecule has 372 valence electrons. The van der Waals surface area contributed by atoms with Crippen molar-refractivity contribution in [1.82, 2.24) is 0 Å². The van der Waals surface area contributed by atoms with E-state index in [9.17, 15) is 10.2 Å². The molecule has 2 N–H and O–H groups in total. The van der Waals surface area contributed by atoms with Crippen molar-refractivity contribution in [3.05, 3.63) is 184 Å². The van der Waals surface area contributed by atoms with Gasteiger partial charge >= 0.3 is 0 Å². The second-order valence-corrected chi connectivity index (χ2v) is 21.6. The van der Waals surface area contributed by atoms with Gasteiger partial charge in [0.1, 0.15) is 72.3 Å². The third-order valence-corrected chi connectivity index (χ3v) is 15.5. The van der Waals surface area contributed by atoms with E-state index >= 15 is 0 Å². The van der Waals surface area contributed by atoms with Crippen LogP contribution in [0.4, 0.5) is 11.4 Å². The van der Waals surface area contributed by atoms with Gasteiger partial charge in [0, 0.05) is 22.3 Å². The molecule has 0 radical (unpaired) electrons. The molecular formula is C60H46I4N2O8. The van der Waals surface area contributed by atoms with Crippen LogP contribution in [0.15, 0.2) is 180 Å². The fourth-order valence-corrected chi connectivity index (χ4v) is 11.7. The number of phenolic OH excluding ortho intramolecular Hbond substituents is 2. The molecule has 0 spiro atoms. The van der Waals surface area contributed by atoms with E-state index in [0.29, 0.717) is 74.0 Å². The predicted octanol–water partition coefficient (Wildman–Crippen LogP) is 16.8. The molecule has 0 amide bonds. The summed E-state index contributed by atoms with van der Waals surface area (Å²) < 4.78 is 40.7. The summed E-state index contributed by atoms with van der Waals surface area (Å²) in [5, 5.41) is 40.3. The largest absolute Gasteiger partial charge is 0.506 e. The molecule has 0 atom stereocenters. The van der Waals surface area contributed by atoms with Crippen LogP contribution in [-0.2, 0) is 9.47 Å². The first-order valence-corrected chi connectivity index (χ1v) is 28.1. The lowest BCUT2D eigenvalue weighted by Crippen LogP contribution is -2.13. The first-order valence-electron chi connectivity index (χ1n) is 23.7. The minimum Gasteiger partial charge on any atom is -0.506 e. The van der Waals surface area contributed by atoms with Crippen LogP contribution >= 0.6 is 90.4 Å². The highest BCUT2D eigenvalue weighted by Crippen LogP contribution is 2.50. The van der Waals surface area contributed by atoms with Crippen LogP contribution in [0, 0.1) is 14.3 Å². The van der Waals surface area contributed by atoms with E-state index in [1.54, 1.807) is 0 Å². The second-order valence-electron chi connectivity index (χ2n) is 16.9. The molecule has 0 aliphatic carbocycles. The molecule has 14 heteroatoms. The Morgan fingerprint density at radius 3 is 1.00 bits per heavy atom. The van der Waals surface area contributed by atoms with Gasteiger partial charge in [0.05, 0.1) is 40.7 Å². The second kappa shape index (κ2) is 24.4. The fourth-order valence-electron chi connectivity index (χ4n) is 8.94. The van der Waals surface area contributed by atoms with Crippen molar-refractivity contribution in [2.45, 2.75) is 0 Å². The Morgan fingerprint density at radius 2 is 0.622 bits per heavy atom. The van der Waals surface area contributed by atoms with E-state index in [1.807, 2.05) is 121 Å². The quantitative estimate of drug-likeness (QED) is 0.0440. The van der Waals surface area contributed by atoms with Crippen molar-refractivity contribution >= 4 is 145 Å². The molecule has 10 aromatic rings. The number of rotatable bonds is 20. The molecule has 0 heterocycles. The van der Waals surface area contributed by atoms with Crippen molar-refractivity contribution in [3.63, 3.8) is 0 Å². The van der Waals surface area contributed by atoms with E-state index in [-0.39, 0.29) is 24.7 Å². The fraction of sp³-hybridized carbons (Fsp3) is 0.133. The summed E-state index contributed by atoms with van der Waals surface area (Å²) in [5.41, 5.74) is 4.34. The number of ether oxygens (including phenoxy) is 6. The highest BCUT2D eigenvalue weighted by atomic mass is 127. The van der Waals surface area contributed by atoms with Gasteiger partial charge in [-0.05, 0) is 182 Å². The molecule has 0 aromatic heterocycles. The molecule has 0 saturated carbocycles. The van der Waals surface area contributed by atoms with Gasteiger partial charge in [0.2, 0.25) is 0 Å². The van der Waals surface area contributed by atoms with Gasteiger partial charge in [0.15, 0.2) is 0 Å². The topological polar surface area (TPSA) is 121 Å². The Hall–Kier alpha value is -5.52. The van der Waals surface area contributed by atoms with Gasteiger partial charge in [0.25, 0.3) is 0 Å². The summed E-state index contributed by atoms with van der Waals surface area (Å²) in [6, 6.07) is 55.7. The number of aromatic hydroxyl groups is 2. The summed E-state index contributed by atoms with van der Waals surface area (Å²) in [7, 11) is 0. The Balaban J connectivity index is 0.719. The average molecular weight is 1430 g/mol. The monoisotopic (exact) mass is 1430 g/mol. The van der Waals surface area contributed by atoms with Gasteiger partial charge in [-0.15, -0.1) is 10.2 Å². The normalized spacial score (nSPS) is 11.6. The van der Waals surface area contributed by atoms with E-state index in [1.165, 1.54) is 0 Å². The first-order chi connectivity index (χ1) is 36.2. The van der Waals surface area contributed by atoms with Crippen LogP contribution in [0.3, 0.4) is 0 Å². The summed E-state index contributed by atoms with van der Waals surface area (Å²) in [6.45, 7) is 2.45. The van der Waals surface area contributed by atoms with Crippen LogP contribution in [0.2, 0.25) is 0 Å². The van der Waals surface area contributed by atoms with Crippen molar-refractivity contribution in [2.75, 3.05) is 52.9 Å². The van der Waals surface area contributed by atoms with Crippen molar-refractivity contribution in [1.29, 1.82) is 0 Å². The maximum atomic E-state index is 11.5. The molecule has 10 rings (SSSR count). The third-order valence-electron chi connectivity index (χ3n) is 12.3. The molecule has 0 aliphatic heterocycles. The Labute approximate surface area is 482 Å². The maximum Gasteiger partial charge on any atom is 0.146 e. The highest BCUT2D eigenvalue weighted by molar-refractivity contribution is 14.1. The first kappa shape index (κ1) is 51.9. The van der Waals surface area contributed by atoms with Crippen LogP contribution in [0.5, 0.6) is 34.5 Å². The van der Waals surface area contributed by atoms with Crippen LogP contribution in [0.1, 0.15) is 0 Å². The smallest absolute Gasteiger partial charge is 0.146 e. The van der Waals surface area contributed by atoms with Crippen molar-refractivity contribution in [2.24, 2.45) is 10.2 Å². The lowest BCUT2D eigenvalue weighted by molar-refractivity contribution is 0.0764. The minimum atomic E-state index is 0.228. The summed E-state index contributed by atoms with van der Waals surface area (Å²) in [6.07, 6.45) is 0. The van der Waals surface area contributed by atoms with Gasteiger partial charge in [-0.2, -0.15) is 0 Å². The number of fused-ring (bicyclic) bond motifs is 4. The van der Waals surface area contributed by atoms with Crippen LogP contribution in [0.25, 0.3) is 65.3 Å². The summed E-state index contributed by atoms with van der Waals surface area (Å²) in [5.74, 6) is 2.99. The molecule has 0 fully saturated rings. The van der Waals surface area contributed by atoms with E-state index in [0.717, 1.165) is 79.6 Å². The van der Waals surface area contributed by atoms with Gasteiger partial charge in [-0.1, -0.05) is 121 Å². The molecular weight excluding hydrogens is 1380 g/mol. The molecule has 0 unspecified atom stereocenters. The zero-order valence-electron chi connectivity index (χ0n) is 39.6. The average Bonchev–Trinajstić information content (AvgIpc) is 3.42. The minimum absolute atomic E-state index is 0.228. The Kier molecular flexibility index (Phi) is 17.2. The SMILES string of the molecule is Oc1c(I)cc2ccccc2c1-c1c(OCCOCCOc2ccccc2N=Nc2ccccc2OCCOCCOc2c(I)cc3ccccc3c2-c2c(O)c(I)cc3ccccc23)c(I)cc2ccccc12. The Morgan fingerprint density at radius 1 is 0.324 bits per heavy atom. The zero-order chi connectivity index (χ0) is 51.0. The van der Waals surface area contributed by atoms with Gasteiger partial charge in [-0.3, -0.25) is 0 Å². The van der Waals surface area contributed by atoms with E-state index < -0.39 is 0 Å². The lowest BCUT2D eigenvalue weighted by atomic mass is 9.92. The lowest BCUT2D eigenvalue weighted by Gasteiger charge is -2.20. The standard InChI is InChI=1S/C60H46I4N2O8/c61-45-33-37-13-1-5-17-41(37)53(57(45)67)55-43-19-7-3-15-39(43)35-47(63)59(55)73-31-27-69-25-29-71-51-23-11-9-21-49(51)65-66-50-22-10-12-24-52(50)72-30-26-70-28-32-74-60-48(64)36-40-16-4-8-20-44(40)56(60)54-42-18-6-2-14-38(42)34-46(62)58(54)68/h1-24,33-36,67-68H,25-32H2.